The summed E-state index contributed by atoms with van der Waals surface area (Å²) >= 11 is 0. The Morgan fingerprint density at radius 2 is 1.81 bits per heavy atom. The second-order valence-corrected chi connectivity index (χ2v) is 6.40. The Morgan fingerprint density at radius 3 is 2.52 bits per heavy atom. The quantitative estimate of drug-likeness (QED) is 0.452. The highest BCUT2D eigenvalue weighted by atomic mass is 19.4. The van der Waals surface area contributed by atoms with E-state index in [0.717, 1.165) is 23.8 Å². The minimum absolute atomic E-state index is 0.145. The molecular formula is C23H16F3N3O2. The van der Waals surface area contributed by atoms with Gasteiger partial charge in [0.15, 0.2) is 0 Å². The van der Waals surface area contributed by atoms with E-state index in [-0.39, 0.29) is 12.2 Å². The van der Waals surface area contributed by atoms with E-state index in [4.69, 9.17) is 10.00 Å². The van der Waals surface area contributed by atoms with Crippen molar-refractivity contribution in [3.63, 3.8) is 0 Å². The fraction of sp³-hybridized carbons (Fsp3) is 0.0870. The third-order valence-electron chi connectivity index (χ3n) is 4.24. The number of carbonyl (C=O) groups is 1. The van der Waals surface area contributed by atoms with Gasteiger partial charge in [-0.1, -0.05) is 24.3 Å². The third-order valence-corrected chi connectivity index (χ3v) is 4.24. The lowest BCUT2D eigenvalue weighted by atomic mass is 10.1. The standard InChI is InChI=1S/C23H16F3N3O2/c24-23(25,26)20-7-3-6-17(12-20)22(30)29-28-14-16-8-10-21(11-9-16)31-15-19-5-2-1-4-18(19)13-27/h1-12,14H,15H2,(H,29,30). The molecule has 0 spiro atoms. The smallest absolute Gasteiger partial charge is 0.416 e. The van der Waals surface area contributed by atoms with Crippen LogP contribution >= 0.6 is 0 Å². The Labute approximate surface area is 176 Å². The number of nitrogens with one attached hydrogen (secondary N) is 1. The zero-order valence-electron chi connectivity index (χ0n) is 16.1. The van der Waals surface area contributed by atoms with Crippen molar-refractivity contribution in [2.45, 2.75) is 12.8 Å². The number of ether oxygens (including phenoxy) is 1. The maximum Gasteiger partial charge on any atom is 0.416 e. The minimum atomic E-state index is -4.53. The number of benzene rings is 3. The molecule has 8 heteroatoms. The number of carbonyl (C=O) groups excluding carboxylic acids is 1. The fourth-order valence-electron chi connectivity index (χ4n) is 2.63. The van der Waals surface area contributed by atoms with Gasteiger partial charge in [0.05, 0.1) is 23.4 Å². The number of amides is 1. The molecule has 0 unspecified atom stereocenters. The van der Waals surface area contributed by atoms with E-state index >= 15 is 0 Å². The van der Waals surface area contributed by atoms with Gasteiger partial charge in [0.1, 0.15) is 12.4 Å². The van der Waals surface area contributed by atoms with Crippen LogP contribution in [0, 0.1) is 11.3 Å². The van der Waals surface area contributed by atoms with Crippen LogP contribution in [0.5, 0.6) is 5.75 Å². The minimum Gasteiger partial charge on any atom is -0.489 e. The molecule has 31 heavy (non-hydrogen) atoms. The lowest BCUT2D eigenvalue weighted by Gasteiger charge is -2.08. The molecule has 0 fully saturated rings. The molecule has 3 aromatic carbocycles. The molecule has 5 nitrogen and oxygen atoms in total. The van der Waals surface area contributed by atoms with Crippen LogP contribution in [0.2, 0.25) is 0 Å². The zero-order chi connectivity index (χ0) is 22.3. The van der Waals surface area contributed by atoms with Crippen LogP contribution < -0.4 is 10.2 Å². The second kappa shape index (κ2) is 9.59. The first-order valence-corrected chi connectivity index (χ1v) is 9.08. The molecular weight excluding hydrogens is 407 g/mol. The summed E-state index contributed by atoms with van der Waals surface area (Å²) in [5, 5.41) is 12.9. The van der Waals surface area contributed by atoms with Crippen LogP contribution in [0.15, 0.2) is 77.9 Å². The Bertz CT molecular complexity index is 1130. The molecule has 3 rings (SSSR count). The summed E-state index contributed by atoms with van der Waals surface area (Å²) in [6.07, 6.45) is -3.17. The largest absolute Gasteiger partial charge is 0.489 e. The number of alkyl halides is 3. The molecule has 0 aliphatic carbocycles. The number of rotatable bonds is 6. The highest BCUT2D eigenvalue weighted by Crippen LogP contribution is 2.29. The van der Waals surface area contributed by atoms with Crippen molar-refractivity contribution in [1.82, 2.24) is 5.43 Å². The van der Waals surface area contributed by atoms with Crippen molar-refractivity contribution in [3.8, 4) is 11.8 Å². The SMILES string of the molecule is N#Cc1ccccc1COc1ccc(C=NNC(=O)c2cccc(C(F)(F)F)c2)cc1. The van der Waals surface area contributed by atoms with E-state index < -0.39 is 17.6 Å². The van der Waals surface area contributed by atoms with Gasteiger partial charge in [-0.15, -0.1) is 0 Å². The van der Waals surface area contributed by atoms with Crippen molar-refractivity contribution < 1.29 is 22.7 Å². The van der Waals surface area contributed by atoms with Gasteiger partial charge in [-0.25, -0.2) is 5.43 Å². The molecule has 0 heterocycles. The van der Waals surface area contributed by atoms with Crippen molar-refractivity contribution in [1.29, 1.82) is 5.26 Å². The Hall–Kier alpha value is -4.12. The van der Waals surface area contributed by atoms with E-state index in [2.05, 4.69) is 16.6 Å². The molecule has 0 aliphatic rings. The molecule has 0 saturated carbocycles. The molecule has 0 atom stereocenters. The highest BCUT2D eigenvalue weighted by molar-refractivity contribution is 5.95. The van der Waals surface area contributed by atoms with Crippen molar-refractivity contribution in [2.24, 2.45) is 5.10 Å². The molecule has 0 radical (unpaired) electrons. The average molecular weight is 423 g/mol. The average Bonchev–Trinajstić information content (AvgIpc) is 2.78. The van der Waals surface area contributed by atoms with Gasteiger partial charge < -0.3 is 4.74 Å². The van der Waals surface area contributed by atoms with Gasteiger partial charge >= 0.3 is 6.18 Å². The predicted octanol–water partition coefficient (Wildman–Crippen LogP) is 4.92. The Morgan fingerprint density at radius 1 is 1.06 bits per heavy atom. The topological polar surface area (TPSA) is 74.5 Å². The normalized spacial score (nSPS) is 11.2. The molecule has 0 aliphatic heterocycles. The third kappa shape index (κ3) is 5.93. The van der Waals surface area contributed by atoms with Gasteiger partial charge in [0, 0.05) is 11.1 Å². The monoisotopic (exact) mass is 423 g/mol. The fourth-order valence-corrected chi connectivity index (χ4v) is 2.63. The van der Waals surface area contributed by atoms with E-state index in [1.165, 1.54) is 12.3 Å². The van der Waals surface area contributed by atoms with Gasteiger partial charge in [-0.3, -0.25) is 4.79 Å². The molecule has 0 saturated heterocycles. The molecule has 0 aromatic heterocycles. The van der Waals surface area contributed by atoms with Crippen LogP contribution in [-0.2, 0) is 12.8 Å². The first kappa shape index (κ1) is 21.6. The maximum absolute atomic E-state index is 12.7. The lowest BCUT2D eigenvalue weighted by Crippen LogP contribution is -2.18. The molecule has 3 aromatic rings. The summed E-state index contributed by atoms with van der Waals surface area (Å²) in [5.41, 5.74) is 3.11. The first-order valence-electron chi connectivity index (χ1n) is 9.08. The maximum atomic E-state index is 12.7. The summed E-state index contributed by atoms with van der Waals surface area (Å²) in [7, 11) is 0. The zero-order valence-corrected chi connectivity index (χ0v) is 16.1. The van der Waals surface area contributed by atoms with Gasteiger partial charge in [0.25, 0.3) is 5.91 Å². The second-order valence-electron chi connectivity index (χ2n) is 6.40. The predicted molar refractivity (Wildman–Crippen MR) is 108 cm³/mol. The number of hydrogen-bond acceptors (Lipinski definition) is 4. The van der Waals surface area contributed by atoms with Gasteiger partial charge in [-0.2, -0.15) is 23.5 Å². The molecule has 156 valence electrons. The van der Waals surface area contributed by atoms with E-state index in [0.29, 0.717) is 16.9 Å². The Kier molecular flexibility index (Phi) is 6.67. The summed E-state index contributed by atoms with van der Waals surface area (Å²) in [4.78, 5) is 12.0. The van der Waals surface area contributed by atoms with E-state index in [9.17, 15) is 18.0 Å². The van der Waals surface area contributed by atoms with Crippen LogP contribution in [-0.4, -0.2) is 12.1 Å². The summed E-state index contributed by atoms with van der Waals surface area (Å²) in [5.74, 6) is -0.170. The van der Waals surface area contributed by atoms with Crippen molar-refractivity contribution in [2.75, 3.05) is 0 Å². The molecule has 0 bridgehead atoms. The summed E-state index contributed by atoms with van der Waals surface area (Å²) < 4.78 is 43.9. The van der Waals surface area contributed by atoms with Crippen LogP contribution in [0.25, 0.3) is 0 Å². The molecule has 1 amide bonds. The van der Waals surface area contributed by atoms with Gasteiger partial charge in [0.2, 0.25) is 0 Å². The number of nitriles is 1. The number of hydrazone groups is 1. The van der Waals surface area contributed by atoms with Crippen LogP contribution in [0.1, 0.15) is 32.6 Å². The van der Waals surface area contributed by atoms with Gasteiger partial charge in [-0.05, 0) is 54.1 Å². The first-order chi connectivity index (χ1) is 14.9. The lowest BCUT2D eigenvalue weighted by molar-refractivity contribution is -0.137. The van der Waals surface area contributed by atoms with Crippen LogP contribution in [0.4, 0.5) is 13.2 Å². The van der Waals surface area contributed by atoms with E-state index in [1.54, 1.807) is 36.4 Å². The number of halogens is 3. The Balaban J connectivity index is 1.56. The number of nitrogens with zero attached hydrogens (tertiary/aromatic N) is 2. The molecule has 1 N–H and O–H groups in total. The highest BCUT2D eigenvalue weighted by Gasteiger charge is 2.30. The summed E-state index contributed by atoms with van der Waals surface area (Å²) in [6, 6.07) is 20.1. The van der Waals surface area contributed by atoms with Crippen LogP contribution in [0.3, 0.4) is 0 Å². The van der Waals surface area contributed by atoms with Crippen molar-refractivity contribution in [3.05, 3.63) is 101 Å². The summed E-state index contributed by atoms with van der Waals surface area (Å²) in [6.45, 7) is 0.240. The number of hydrogen-bond donors (Lipinski definition) is 1. The van der Waals surface area contributed by atoms with Crippen molar-refractivity contribution >= 4 is 12.1 Å². The van der Waals surface area contributed by atoms with E-state index in [1.807, 2.05) is 12.1 Å².